The first kappa shape index (κ1) is 14.7. The van der Waals surface area contributed by atoms with Crippen molar-refractivity contribution >= 4 is 5.97 Å². The molecule has 3 saturated carbocycles. The Morgan fingerprint density at radius 2 is 1.95 bits per heavy atom. The molecule has 0 N–H and O–H groups in total. The zero-order chi connectivity index (χ0) is 15.3. The largest absolute Gasteiger partial charge is 0.436 e. The van der Waals surface area contributed by atoms with Gasteiger partial charge in [-0.05, 0) is 68.1 Å². The molecule has 3 heteroatoms. The summed E-state index contributed by atoms with van der Waals surface area (Å²) in [7, 11) is 0. The summed E-state index contributed by atoms with van der Waals surface area (Å²) in [5, 5.41) is 0. The van der Waals surface area contributed by atoms with Gasteiger partial charge in [0.05, 0.1) is 12.5 Å². The second kappa shape index (κ2) is 5.67. The number of rotatable bonds is 6. The minimum Gasteiger partial charge on any atom is -0.436 e. The first-order valence-corrected chi connectivity index (χ1v) is 9.19. The normalized spacial score (nSPS) is 45.3. The molecule has 22 heavy (non-hydrogen) atoms. The zero-order valence-electron chi connectivity index (χ0n) is 13.7. The van der Waals surface area contributed by atoms with Crippen LogP contribution in [0.5, 0.6) is 0 Å². The fraction of sp³-hybridized carbons (Fsp3) is 0.842. The van der Waals surface area contributed by atoms with E-state index in [1.54, 1.807) is 0 Å². The van der Waals surface area contributed by atoms with Crippen LogP contribution in [0.2, 0.25) is 0 Å². The van der Waals surface area contributed by atoms with E-state index in [2.05, 4.69) is 19.1 Å². The number of carbonyl (C=O) groups excluding carboxylic acids is 1. The quantitative estimate of drug-likeness (QED) is 0.246. The molecular weight excluding hydrogens is 276 g/mol. The Morgan fingerprint density at radius 1 is 1.18 bits per heavy atom. The molecule has 4 rings (SSSR count). The van der Waals surface area contributed by atoms with E-state index in [-0.39, 0.29) is 11.9 Å². The molecule has 8 unspecified atom stereocenters. The summed E-state index contributed by atoms with van der Waals surface area (Å²) in [6, 6.07) is 0. The maximum atomic E-state index is 12.6. The van der Waals surface area contributed by atoms with Gasteiger partial charge in [-0.25, -0.2) is 0 Å². The van der Waals surface area contributed by atoms with Gasteiger partial charge in [-0.2, -0.15) is 0 Å². The summed E-state index contributed by atoms with van der Waals surface area (Å²) in [6.45, 7) is 4.67. The maximum absolute atomic E-state index is 12.6. The molecule has 0 aromatic heterocycles. The maximum Gasteiger partial charge on any atom is 0.311 e. The van der Waals surface area contributed by atoms with E-state index in [0.29, 0.717) is 12.5 Å². The topological polar surface area (TPSA) is 35.5 Å². The van der Waals surface area contributed by atoms with Gasteiger partial charge in [0.1, 0.15) is 0 Å². The Labute approximate surface area is 133 Å². The van der Waals surface area contributed by atoms with E-state index in [4.69, 9.17) is 9.47 Å². The second-order valence-corrected chi connectivity index (χ2v) is 7.83. The van der Waals surface area contributed by atoms with Crippen LogP contribution in [-0.4, -0.2) is 18.9 Å². The van der Waals surface area contributed by atoms with Crippen molar-refractivity contribution in [3.05, 3.63) is 12.2 Å². The molecule has 0 amide bonds. The molecule has 4 bridgehead atoms. The van der Waals surface area contributed by atoms with E-state index >= 15 is 0 Å². The fourth-order valence-electron chi connectivity index (χ4n) is 5.97. The summed E-state index contributed by atoms with van der Waals surface area (Å²) in [6.07, 6.45) is 10.3. The first-order valence-electron chi connectivity index (χ1n) is 9.19. The number of hydrogen-bond acceptors (Lipinski definition) is 3. The van der Waals surface area contributed by atoms with Gasteiger partial charge in [0.15, 0.2) is 6.29 Å². The molecule has 3 nitrogen and oxygen atoms in total. The molecule has 0 spiro atoms. The molecule has 4 aliphatic rings. The van der Waals surface area contributed by atoms with Crippen LogP contribution in [0.25, 0.3) is 0 Å². The van der Waals surface area contributed by atoms with Gasteiger partial charge < -0.3 is 9.47 Å². The Bertz CT molecular complexity index is 471. The minimum absolute atomic E-state index is 0.00158. The third-order valence-electron chi connectivity index (χ3n) is 6.71. The smallest absolute Gasteiger partial charge is 0.311 e. The highest BCUT2D eigenvalue weighted by molar-refractivity contribution is 5.73. The number of carbonyl (C=O) groups is 1. The van der Waals surface area contributed by atoms with Crippen LogP contribution < -0.4 is 0 Å². The third kappa shape index (κ3) is 2.24. The van der Waals surface area contributed by atoms with E-state index < -0.39 is 6.29 Å². The van der Waals surface area contributed by atoms with Crippen molar-refractivity contribution in [2.45, 2.75) is 52.2 Å². The third-order valence-corrected chi connectivity index (χ3v) is 6.71. The van der Waals surface area contributed by atoms with Crippen molar-refractivity contribution in [3.8, 4) is 0 Å². The number of fused-ring (bicyclic) bond motifs is 9. The van der Waals surface area contributed by atoms with Crippen LogP contribution >= 0.6 is 0 Å². The Kier molecular flexibility index (Phi) is 3.80. The fourth-order valence-corrected chi connectivity index (χ4v) is 5.97. The second-order valence-electron chi connectivity index (χ2n) is 7.83. The first-order chi connectivity index (χ1) is 10.7. The van der Waals surface area contributed by atoms with Gasteiger partial charge in [-0.3, -0.25) is 4.79 Å². The predicted octanol–water partition coefficient (Wildman–Crippen LogP) is 3.79. The standard InChI is InChI=1S/C19H28O3/c1-3-4-7-21-11(2)22-19(20)16-10-14-9-15(16)18-13-6-5-12(8-13)17(14)18/h5-6,11-18H,3-4,7-10H2,1-2H3. The van der Waals surface area contributed by atoms with Crippen molar-refractivity contribution in [3.63, 3.8) is 0 Å². The molecular formula is C19H28O3. The van der Waals surface area contributed by atoms with Crippen molar-refractivity contribution < 1.29 is 14.3 Å². The van der Waals surface area contributed by atoms with Crippen molar-refractivity contribution in [1.82, 2.24) is 0 Å². The van der Waals surface area contributed by atoms with Crippen molar-refractivity contribution in [2.75, 3.05) is 6.61 Å². The molecule has 3 fully saturated rings. The SMILES string of the molecule is CCCCOC(C)OC(=O)C1CC2CC1C1C3C=CC(C3)C21. The Balaban J connectivity index is 1.35. The number of unbranched alkanes of at least 4 members (excludes halogenated alkanes) is 1. The van der Waals surface area contributed by atoms with Crippen LogP contribution in [0.15, 0.2) is 12.2 Å². The monoisotopic (exact) mass is 304 g/mol. The average molecular weight is 304 g/mol. The van der Waals surface area contributed by atoms with Gasteiger partial charge in [-0.15, -0.1) is 0 Å². The lowest BCUT2D eigenvalue weighted by Gasteiger charge is -2.35. The van der Waals surface area contributed by atoms with Gasteiger partial charge in [0.25, 0.3) is 0 Å². The number of esters is 1. The van der Waals surface area contributed by atoms with E-state index in [1.165, 1.54) is 12.8 Å². The predicted molar refractivity (Wildman–Crippen MR) is 83.8 cm³/mol. The highest BCUT2D eigenvalue weighted by Crippen LogP contribution is 2.67. The van der Waals surface area contributed by atoms with Gasteiger partial charge >= 0.3 is 5.97 Å². The summed E-state index contributed by atoms with van der Waals surface area (Å²) in [5.74, 6) is 4.69. The number of allylic oxidation sites excluding steroid dienone is 2. The molecule has 122 valence electrons. The van der Waals surface area contributed by atoms with Crippen LogP contribution in [0, 0.1) is 41.4 Å². The lowest BCUT2D eigenvalue weighted by molar-refractivity contribution is -0.182. The van der Waals surface area contributed by atoms with Crippen LogP contribution in [0.1, 0.15) is 46.0 Å². The lowest BCUT2D eigenvalue weighted by Crippen LogP contribution is -2.36. The van der Waals surface area contributed by atoms with Crippen LogP contribution in [0.4, 0.5) is 0 Å². The van der Waals surface area contributed by atoms with E-state index in [0.717, 1.165) is 48.9 Å². The molecule has 0 saturated heterocycles. The summed E-state index contributed by atoms with van der Waals surface area (Å²) in [4.78, 5) is 12.6. The van der Waals surface area contributed by atoms with Crippen LogP contribution in [-0.2, 0) is 14.3 Å². The summed E-state index contributed by atoms with van der Waals surface area (Å²) >= 11 is 0. The Morgan fingerprint density at radius 3 is 2.73 bits per heavy atom. The molecule has 0 radical (unpaired) electrons. The van der Waals surface area contributed by atoms with E-state index in [9.17, 15) is 4.79 Å². The summed E-state index contributed by atoms with van der Waals surface area (Å²) in [5.41, 5.74) is 0. The van der Waals surface area contributed by atoms with Gasteiger partial charge in [0.2, 0.25) is 0 Å². The molecule has 8 atom stereocenters. The zero-order valence-corrected chi connectivity index (χ0v) is 13.7. The molecule has 0 heterocycles. The molecule has 0 aromatic rings. The summed E-state index contributed by atoms with van der Waals surface area (Å²) < 4.78 is 11.2. The van der Waals surface area contributed by atoms with Crippen LogP contribution in [0.3, 0.4) is 0 Å². The van der Waals surface area contributed by atoms with Gasteiger partial charge in [-0.1, -0.05) is 25.5 Å². The molecule has 4 aliphatic carbocycles. The number of hydrogen-bond donors (Lipinski definition) is 0. The Hall–Kier alpha value is -0.830. The number of ether oxygens (including phenoxy) is 2. The van der Waals surface area contributed by atoms with E-state index in [1.807, 2.05) is 6.92 Å². The lowest BCUT2D eigenvalue weighted by atomic mass is 9.69. The van der Waals surface area contributed by atoms with Gasteiger partial charge in [0, 0.05) is 0 Å². The highest BCUT2D eigenvalue weighted by Gasteiger charge is 2.62. The highest BCUT2D eigenvalue weighted by atomic mass is 16.7. The molecule has 0 aromatic carbocycles. The average Bonchev–Trinajstić information content (AvgIpc) is 3.25. The molecule has 0 aliphatic heterocycles. The van der Waals surface area contributed by atoms with Crippen molar-refractivity contribution in [1.29, 1.82) is 0 Å². The van der Waals surface area contributed by atoms with Crippen molar-refractivity contribution in [2.24, 2.45) is 41.4 Å². The minimum atomic E-state index is -0.395.